The molecule has 5 aromatic rings. The van der Waals surface area contributed by atoms with Gasteiger partial charge in [0.15, 0.2) is 0 Å². The second-order valence-corrected chi connectivity index (χ2v) is 20.1. The fourth-order valence-electron chi connectivity index (χ4n) is 9.19. The number of quaternary nitrogens is 2. The van der Waals surface area contributed by atoms with Crippen LogP contribution in [0.15, 0.2) is 84.9 Å². The van der Waals surface area contributed by atoms with Crippen molar-refractivity contribution in [3.63, 3.8) is 0 Å². The summed E-state index contributed by atoms with van der Waals surface area (Å²) in [6.45, 7) is 9.42. The summed E-state index contributed by atoms with van der Waals surface area (Å²) in [6, 6.07) is 29.7. The number of rotatable bonds is 25. The lowest BCUT2D eigenvalue weighted by atomic mass is 10.0. The molecule has 3 aromatic heterocycles. The molecule has 0 spiro atoms. The SMILES string of the molecule is CCCCCCCCCC[N+](C)(C)CCCOc1ccc(-c2c3nc(cc4ccc([nH]4)c(-c4ccc(OCCC[N+](C)(C)CCCN(C)C)cc4)c4nc(cc5ccc2[nH]5)C=C4)C=C3)cc1. The van der Waals surface area contributed by atoms with Crippen LogP contribution in [0.4, 0.5) is 0 Å². The number of nitrogens with zero attached hydrogens (tertiary/aromatic N) is 5. The molecule has 0 radical (unpaired) electrons. The lowest BCUT2D eigenvalue weighted by molar-refractivity contribution is -0.890. The standard InChI is InChI=1S/C57H77N7O2/c1-8-9-10-11-12-13-14-15-36-63(4,5)38-17-40-65-50-27-19-44(20-28-50)56-52-31-23-46(58-52)42-48-25-33-54(60-48)57(55-34-26-49(61-55)43-47-24-32-53(56)59-47)45-21-29-51(30-22-45)66-41-18-39-64(6,7)37-16-35-62(2)3/h19-34,42-43,58,61H,8-18,35-41H2,1-7H3/q+2. The third-order valence-corrected chi connectivity index (χ3v) is 13.0. The fraction of sp³-hybridized carbons (Fsp3) is 0.439. The summed E-state index contributed by atoms with van der Waals surface area (Å²) in [5, 5.41) is 0. The van der Waals surface area contributed by atoms with Crippen molar-refractivity contribution < 1.29 is 18.4 Å². The van der Waals surface area contributed by atoms with Crippen LogP contribution in [0.2, 0.25) is 0 Å². The van der Waals surface area contributed by atoms with Crippen molar-refractivity contribution in [2.75, 3.05) is 88.2 Å². The molecule has 9 heteroatoms. The van der Waals surface area contributed by atoms with Gasteiger partial charge in [-0.05, 0) is 123 Å². The Kier molecular flexibility index (Phi) is 17.1. The van der Waals surface area contributed by atoms with Gasteiger partial charge in [-0.1, -0.05) is 69.7 Å². The highest BCUT2D eigenvalue weighted by Gasteiger charge is 2.17. The van der Waals surface area contributed by atoms with E-state index in [1.165, 1.54) is 70.9 Å². The number of hydrogen-bond donors (Lipinski definition) is 2. The van der Waals surface area contributed by atoms with Gasteiger partial charge in [0, 0.05) is 59.0 Å². The molecule has 0 saturated heterocycles. The Balaban J connectivity index is 1.05. The van der Waals surface area contributed by atoms with Crippen molar-refractivity contribution in [3.8, 4) is 33.8 Å². The zero-order valence-electron chi connectivity index (χ0n) is 41.2. The van der Waals surface area contributed by atoms with Crippen molar-refractivity contribution in [3.05, 3.63) is 108 Å². The van der Waals surface area contributed by atoms with Crippen LogP contribution in [0, 0.1) is 0 Å². The number of fused-ring (bicyclic) bond motifs is 8. The summed E-state index contributed by atoms with van der Waals surface area (Å²) >= 11 is 0. The van der Waals surface area contributed by atoms with Crippen LogP contribution in [-0.2, 0) is 0 Å². The molecular weight excluding hydrogens is 815 g/mol. The van der Waals surface area contributed by atoms with Gasteiger partial charge in [0.05, 0.1) is 90.4 Å². The molecular formula is C57H77N7O2+2. The van der Waals surface area contributed by atoms with E-state index in [1.54, 1.807) is 0 Å². The van der Waals surface area contributed by atoms with E-state index in [0.29, 0.717) is 13.2 Å². The average Bonchev–Trinajstić information content (AvgIpc) is 4.14. The minimum atomic E-state index is 0.696. The highest BCUT2D eigenvalue weighted by molar-refractivity contribution is 5.93. The zero-order valence-corrected chi connectivity index (χ0v) is 41.2. The highest BCUT2D eigenvalue weighted by atomic mass is 16.5. The molecule has 0 amide bonds. The summed E-state index contributed by atoms with van der Waals surface area (Å²) in [5.74, 6) is 1.77. The third-order valence-electron chi connectivity index (χ3n) is 13.0. The summed E-state index contributed by atoms with van der Waals surface area (Å²) in [6.07, 6.45) is 22.6. The second-order valence-electron chi connectivity index (χ2n) is 20.1. The van der Waals surface area contributed by atoms with Crippen LogP contribution < -0.4 is 9.47 Å². The number of H-pyrrole nitrogens is 2. The van der Waals surface area contributed by atoms with Gasteiger partial charge in [0.2, 0.25) is 0 Å². The van der Waals surface area contributed by atoms with Crippen molar-refractivity contribution in [2.24, 2.45) is 0 Å². The molecule has 0 atom stereocenters. The molecule has 0 fully saturated rings. The highest BCUT2D eigenvalue weighted by Crippen LogP contribution is 2.34. The molecule has 9 nitrogen and oxygen atoms in total. The summed E-state index contributed by atoms with van der Waals surface area (Å²) < 4.78 is 14.6. The first-order valence-corrected chi connectivity index (χ1v) is 24.8. The van der Waals surface area contributed by atoms with E-state index in [9.17, 15) is 0 Å². The number of aromatic amines is 2. The molecule has 8 bridgehead atoms. The van der Waals surface area contributed by atoms with E-state index in [0.717, 1.165) is 120 Å². The third kappa shape index (κ3) is 14.3. The molecule has 7 rings (SSSR count). The predicted molar refractivity (Wildman–Crippen MR) is 279 cm³/mol. The van der Waals surface area contributed by atoms with Gasteiger partial charge in [-0.2, -0.15) is 0 Å². The fourth-order valence-corrected chi connectivity index (χ4v) is 9.19. The maximum absolute atomic E-state index is 6.29. The van der Waals surface area contributed by atoms with Gasteiger partial charge in [-0.15, -0.1) is 0 Å². The lowest BCUT2D eigenvalue weighted by Crippen LogP contribution is -2.42. The number of unbranched alkanes of at least 4 members (excludes halogenated alkanes) is 7. The second kappa shape index (κ2) is 23.3. The smallest absolute Gasteiger partial charge is 0.119 e. The molecule has 0 aliphatic carbocycles. The maximum atomic E-state index is 6.29. The minimum absolute atomic E-state index is 0.696. The van der Waals surface area contributed by atoms with Gasteiger partial charge < -0.3 is 33.3 Å². The topological polar surface area (TPSA) is 79.1 Å². The Morgan fingerprint density at radius 2 is 0.909 bits per heavy atom. The van der Waals surface area contributed by atoms with Crippen LogP contribution >= 0.6 is 0 Å². The van der Waals surface area contributed by atoms with Gasteiger partial charge in [-0.3, -0.25) is 0 Å². The number of aromatic nitrogens is 4. The van der Waals surface area contributed by atoms with Crippen LogP contribution in [-0.4, -0.2) is 122 Å². The largest absolute Gasteiger partial charge is 0.493 e. The first-order valence-electron chi connectivity index (χ1n) is 24.8. The molecule has 0 saturated carbocycles. The molecule has 66 heavy (non-hydrogen) atoms. The summed E-state index contributed by atoms with van der Waals surface area (Å²) in [7, 11) is 13.6. The average molecular weight is 892 g/mol. The maximum Gasteiger partial charge on any atom is 0.119 e. The van der Waals surface area contributed by atoms with E-state index in [4.69, 9.17) is 19.4 Å². The Morgan fingerprint density at radius 1 is 0.485 bits per heavy atom. The first-order chi connectivity index (χ1) is 31.9. The van der Waals surface area contributed by atoms with Gasteiger partial charge >= 0.3 is 0 Å². The van der Waals surface area contributed by atoms with Crippen molar-refractivity contribution in [2.45, 2.75) is 77.6 Å². The predicted octanol–water partition coefficient (Wildman–Crippen LogP) is 12.8. The van der Waals surface area contributed by atoms with Gasteiger partial charge in [0.25, 0.3) is 0 Å². The molecule has 2 aliphatic rings. The number of hydrogen-bond acceptors (Lipinski definition) is 5. The quantitative estimate of drug-likeness (QED) is 0.0441. The number of benzene rings is 2. The zero-order chi connectivity index (χ0) is 46.4. The van der Waals surface area contributed by atoms with Crippen LogP contribution in [0.25, 0.3) is 68.6 Å². The summed E-state index contributed by atoms with van der Waals surface area (Å²) in [5.41, 5.74) is 11.7. The normalized spacial score (nSPS) is 12.7. The van der Waals surface area contributed by atoms with Crippen LogP contribution in [0.5, 0.6) is 11.5 Å². The summed E-state index contributed by atoms with van der Waals surface area (Å²) in [4.78, 5) is 20.0. The van der Waals surface area contributed by atoms with E-state index in [-0.39, 0.29) is 0 Å². The molecule has 2 aromatic carbocycles. The van der Waals surface area contributed by atoms with E-state index in [1.807, 2.05) is 0 Å². The number of nitrogens with one attached hydrogen (secondary N) is 2. The molecule has 2 N–H and O–H groups in total. The van der Waals surface area contributed by atoms with E-state index < -0.39 is 0 Å². The van der Waals surface area contributed by atoms with E-state index in [2.05, 4.69) is 173 Å². The van der Waals surface area contributed by atoms with Gasteiger partial charge in [-0.25, -0.2) is 9.97 Å². The minimum Gasteiger partial charge on any atom is -0.493 e. The number of ether oxygens (including phenoxy) is 2. The molecule has 350 valence electrons. The van der Waals surface area contributed by atoms with Crippen molar-refractivity contribution in [1.29, 1.82) is 0 Å². The van der Waals surface area contributed by atoms with Crippen LogP contribution in [0.1, 0.15) is 100 Å². The Bertz CT molecular complexity index is 2540. The Morgan fingerprint density at radius 3 is 1.36 bits per heavy atom. The van der Waals surface area contributed by atoms with E-state index >= 15 is 0 Å². The van der Waals surface area contributed by atoms with Crippen LogP contribution in [0.3, 0.4) is 0 Å². The Hall–Kier alpha value is -5.48. The molecule has 2 aliphatic heterocycles. The van der Waals surface area contributed by atoms with Crippen molar-refractivity contribution in [1.82, 2.24) is 24.8 Å². The monoisotopic (exact) mass is 892 g/mol. The molecule has 0 unspecified atom stereocenters. The van der Waals surface area contributed by atoms with Crippen molar-refractivity contribution >= 4 is 46.4 Å². The first kappa shape index (κ1) is 48.5. The Labute approximate surface area is 395 Å². The van der Waals surface area contributed by atoms with Gasteiger partial charge in [0.1, 0.15) is 11.5 Å². The lowest BCUT2D eigenvalue weighted by Gasteiger charge is -2.30. The molecule has 5 heterocycles.